The van der Waals surface area contributed by atoms with Crippen LogP contribution in [-0.2, 0) is 32.4 Å². The summed E-state index contributed by atoms with van der Waals surface area (Å²) in [6, 6.07) is 11.7. The Bertz CT molecular complexity index is 838. The number of esters is 1. The molecule has 0 radical (unpaired) electrons. The van der Waals surface area contributed by atoms with Crippen molar-refractivity contribution in [3.05, 3.63) is 53.6 Å². The van der Waals surface area contributed by atoms with E-state index in [-0.39, 0.29) is 11.5 Å². The number of carbonyl (C=O) groups is 1. The maximum Gasteiger partial charge on any atom is 0.343 e. The number of para-hydroxylation sites is 1. The largest absolute Gasteiger partial charge is 0.482 e. The van der Waals surface area contributed by atoms with Crippen molar-refractivity contribution < 1.29 is 22.7 Å². The van der Waals surface area contributed by atoms with Gasteiger partial charge >= 0.3 is 5.97 Å². The van der Waals surface area contributed by atoms with Crippen LogP contribution in [0.2, 0.25) is 0 Å². The molecule has 6 nitrogen and oxygen atoms in total. The number of anilines is 1. The third-order valence-electron chi connectivity index (χ3n) is 3.95. The van der Waals surface area contributed by atoms with Crippen molar-refractivity contribution in [1.29, 1.82) is 0 Å². The maximum atomic E-state index is 12.7. The van der Waals surface area contributed by atoms with Gasteiger partial charge in [0.25, 0.3) is 10.0 Å². The Kier molecular flexibility index (Phi) is 6.63. The maximum absolute atomic E-state index is 12.7. The number of ether oxygens (including phenoxy) is 2. The first-order valence-corrected chi connectivity index (χ1v) is 9.82. The summed E-state index contributed by atoms with van der Waals surface area (Å²) in [5.74, 6) is -0.121. The lowest BCUT2D eigenvalue weighted by Crippen LogP contribution is -2.16. The highest BCUT2D eigenvalue weighted by Crippen LogP contribution is 2.26. The van der Waals surface area contributed by atoms with Crippen molar-refractivity contribution in [1.82, 2.24) is 0 Å². The van der Waals surface area contributed by atoms with Crippen LogP contribution in [0, 0.1) is 0 Å². The van der Waals surface area contributed by atoms with Crippen molar-refractivity contribution in [3.63, 3.8) is 0 Å². The third-order valence-corrected chi connectivity index (χ3v) is 5.32. The van der Waals surface area contributed by atoms with E-state index in [0.717, 1.165) is 24.0 Å². The van der Waals surface area contributed by atoms with E-state index in [9.17, 15) is 13.2 Å². The van der Waals surface area contributed by atoms with Gasteiger partial charge in [-0.2, -0.15) is 0 Å². The predicted molar refractivity (Wildman–Crippen MR) is 100.0 cm³/mol. The number of hydrogen-bond donors (Lipinski definition) is 1. The highest BCUT2D eigenvalue weighted by Gasteiger charge is 2.18. The molecule has 0 bridgehead atoms. The van der Waals surface area contributed by atoms with Crippen LogP contribution in [0.1, 0.15) is 25.0 Å². The summed E-state index contributed by atoms with van der Waals surface area (Å²) < 4.78 is 37.9. The van der Waals surface area contributed by atoms with E-state index in [4.69, 9.17) is 4.74 Å². The number of sulfonamides is 1. The van der Waals surface area contributed by atoms with Crippen LogP contribution in [0.25, 0.3) is 0 Å². The highest BCUT2D eigenvalue weighted by atomic mass is 32.2. The van der Waals surface area contributed by atoms with Gasteiger partial charge in [-0.25, -0.2) is 13.2 Å². The van der Waals surface area contributed by atoms with Crippen LogP contribution in [0.4, 0.5) is 5.69 Å². The minimum absolute atomic E-state index is 0.121. The SMILES string of the molecule is CCc1cccc(CC)c1NS(=O)(=O)c1ccc(OCC(=O)OC)cc1. The number of hydrogen-bond acceptors (Lipinski definition) is 5. The first-order valence-electron chi connectivity index (χ1n) is 8.34. The Hall–Kier alpha value is -2.54. The van der Waals surface area contributed by atoms with Gasteiger partial charge in [0.2, 0.25) is 0 Å². The lowest BCUT2D eigenvalue weighted by Gasteiger charge is -2.16. The molecule has 140 valence electrons. The molecule has 0 fully saturated rings. The fraction of sp³-hybridized carbons (Fsp3) is 0.316. The second-order valence-electron chi connectivity index (χ2n) is 5.60. The zero-order valence-corrected chi connectivity index (χ0v) is 15.9. The second kappa shape index (κ2) is 8.71. The van der Waals surface area contributed by atoms with Gasteiger partial charge in [0.1, 0.15) is 5.75 Å². The Labute approximate surface area is 154 Å². The fourth-order valence-corrected chi connectivity index (χ4v) is 3.63. The summed E-state index contributed by atoms with van der Waals surface area (Å²) in [4.78, 5) is 11.2. The van der Waals surface area contributed by atoms with Gasteiger partial charge in [0, 0.05) is 0 Å². The van der Waals surface area contributed by atoms with E-state index in [1.165, 1.54) is 31.4 Å². The van der Waals surface area contributed by atoms with Gasteiger partial charge in [0.05, 0.1) is 17.7 Å². The first kappa shape index (κ1) is 19.8. The standard InChI is InChI=1S/C19H23NO5S/c1-4-14-7-6-8-15(5-2)19(14)20-26(22,23)17-11-9-16(10-12-17)25-13-18(21)24-3/h6-12,20H,4-5,13H2,1-3H3. The lowest BCUT2D eigenvalue weighted by molar-refractivity contribution is -0.142. The molecule has 0 atom stereocenters. The van der Waals surface area contributed by atoms with Gasteiger partial charge in [-0.3, -0.25) is 4.72 Å². The van der Waals surface area contributed by atoms with Crippen LogP contribution < -0.4 is 9.46 Å². The smallest absolute Gasteiger partial charge is 0.343 e. The summed E-state index contributed by atoms with van der Waals surface area (Å²) in [6.07, 6.45) is 1.46. The minimum atomic E-state index is -3.73. The van der Waals surface area contributed by atoms with Gasteiger partial charge in [-0.05, 0) is 48.2 Å². The van der Waals surface area contributed by atoms with E-state index in [0.29, 0.717) is 11.4 Å². The van der Waals surface area contributed by atoms with Crippen LogP contribution in [0.3, 0.4) is 0 Å². The summed E-state index contributed by atoms with van der Waals surface area (Å²) in [6.45, 7) is 3.74. The monoisotopic (exact) mass is 377 g/mol. The number of benzene rings is 2. The molecule has 0 aliphatic carbocycles. The fourth-order valence-electron chi connectivity index (χ4n) is 2.48. The Morgan fingerprint density at radius 3 is 2.08 bits per heavy atom. The molecule has 2 rings (SSSR count). The van der Waals surface area contributed by atoms with Crippen molar-refractivity contribution >= 4 is 21.7 Å². The molecule has 0 aliphatic rings. The molecule has 26 heavy (non-hydrogen) atoms. The van der Waals surface area contributed by atoms with Gasteiger partial charge < -0.3 is 9.47 Å². The van der Waals surface area contributed by atoms with E-state index in [2.05, 4.69) is 9.46 Å². The summed E-state index contributed by atoms with van der Waals surface area (Å²) >= 11 is 0. The Balaban J connectivity index is 2.22. The molecular formula is C19H23NO5S. The molecule has 2 aromatic carbocycles. The number of rotatable bonds is 8. The molecular weight excluding hydrogens is 354 g/mol. The quantitative estimate of drug-likeness (QED) is 0.715. The molecule has 0 amide bonds. The minimum Gasteiger partial charge on any atom is -0.482 e. The highest BCUT2D eigenvalue weighted by molar-refractivity contribution is 7.92. The van der Waals surface area contributed by atoms with Gasteiger partial charge in [-0.15, -0.1) is 0 Å². The van der Waals surface area contributed by atoms with E-state index in [1.807, 2.05) is 32.0 Å². The van der Waals surface area contributed by atoms with Gasteiger partial charge in [0.15, 0.2) is 6.61 Å². The summed E-state index contributed by atoms with van der Waals surface area (Å²) in [7, 11) is -2.46. The lowest BCUT2D eigenvalue weighted by atomic mass is 10.0. The molecule has 0 unspecified atom stereocenters. The second-order valence-corrected chi connectivity index (χ2v) is 7.28. The molecule has 0 aromatic heterocycles. The van der Waals surface area contributed by atoms with Gasteiger partial charge in [-0.1, -0.05) is 32.0 Å². The van der Waals surface area contributed by atoms with E-state index in [1.54, 1.807) is 0 Å². The zero-order chi connectivity index (χ0) is 19.2. The average Bonchev–Trinajstić information content (AvgIpc) is 2.66. The van der Waals surface area contributed by atoms with E-state index < -0.39 is 16.0 Å². The van der Waals surface area contributed by atoms with Crippen LogP contribution in [-0.4, -0.2) is 28.1 Å². The molecule has 2 aromatic rings. The van der Waals surface area contributed by atoms with E-state index >= 15 is 0 Å². The third kappa shape index (κ3) is 4.76. The molecule has 0 saturated heterocycles. The zero-order valence-electron chi connectivity index (χ0n) is 15.1. The normalized spacial score (nSPS) is 11.0. The van der Waals surface area contributed by atoms with Crippen LogP contribution in [0.5, 0.6) is 5.75 Å². The summed E-state index contributed by atoms with van der Waals surface area (Å²) in [5.41, 5.74) is 2.54. The van der Waals surface area contributed by atoms with Crippen LogP contribution in [0.15, 0.2) is 47.4 Å². The predicted octanol–water partition coefficient (Wildman–Crippen LogP) is 3.16. The molecule has 0 aliphatic heterocycles. The number of methoxy groups -OCH3 is 1. The number of nitrogens with one attached hydrogen (secondary N) is 1. The molecule has 0 heterocycles. The molecule has 0 saturated carbocycles. The average molecular weight is 377 g/mol. The van der Waals surface area contributed by atoms with Crippen molar-refractivity contribution in [2.75, 3.05) is 18.4 Å². The number of carbonyl (C=O) groups excluding carboxylic acids is 1. The van der Waals surface area contributed by atoms with Crippen molar-refractivity contribution in [2.24, 2.45) is 0 Å². The molecule has 7 heteroatoms. The topological polar surface area (TPSA) is 81.7 Å². The van der Waals surface area contributed by atoms with Crippen molar-refractivity contribution in [3.8, 4) is 5.75 Å². The summed E-state index contributed by atoms with van der Waals surface area (Å²) in [5, 5.41) is 0. The van der Waals surface area contributed by atoms with Crippen LogP contribution >= 0.6 is 0 Å². The first-order chi connectivity index (χ1) is 12.4. The molecule has 0 spiro atoms. The Morgan fingerprint density at radius 2 is 1.58 bits per heavy atom. The molecule has 1 N–H and O–H groups in total. The number of aryl methyl sites for hydroxylation is 2. The van der Waals surface area contributed by atoms with Crippen molar-refractivity contribution in [2.45, 2.75) is 31.6 Å². The Morgan fingerprint density at radius 1 is 1.00 bits per heavy atom.